The molecule has 0 aliphatic rings. The van der Waals surface area contributed by atoms with Gasteiger partial charge in [0.25, 0.3) is 0 Å². The Kier molecular flexibility index (Phi) is 6.55. The van der Waals surface area contributed by atoms with Crippen molar-refractivity contribution >= 4 is 0 Å². The number of aliphatic hydroxyl groups excluding tert-OH is 1. The SMILES string of the molecule is CCCOC(O)C(C)(CC(C)(C)C(C)C)C(C)(C)C. The molecule has 0 radical (unpaired) electrons. The molecule has 0 aromatic heterocycles. The van der Waals surface area contributed by atoms with E-state index in [1.165, 1.54) is 0 Å². The topological polar surface area (TPSA) is 29.5 Å². The smallest absolute Gasteiger partial charge is 0.160 e. The molecule has 0 saturated heterocycles. The van der Waals surface area contributed by atoms with Gasteiger partial charge in [-0.3, -0.25) is 0 Å². The molecule has 0 fully saturated rings. The molecule has 2 heteroatoms. The van der Waals surface area contributed by atoms with Gasteiger partial charge in [0.1, 0.15) is 0 Å². The molecule has 0 aliphatic heterocycles. The minimum absolute atomic E-state index is 0.00762. The predicted octanol–water partition coefficient (Wildman–Crippen LogP) is 4.86. The van der Waals surface area contributed by atoms with Gasteiger partial charge in [-0.15, -0.1) is 0 Å². The van der Waals surface area contributed by atoms with Crippen molar-refractivity contribution in [2.75, 3.05) is 6.61 Å². The van der Waals surface area contributed by atoms with Crippen LogP contribution in [0.4, 0.5) is 0 Å². The highest BCUT2D eigenvalue weighted by Gasteiger charge is 2.47. The Hall–Kier alpha value is -0.0800. The van der Waals surface area contributed by atoms with E-state index in [1.54, 1.807) is 0 Å². The third kappa shape index (κ3) is 4.75. The highest BCUT2D eigenvalue weighted by Crippen LogP contribution is 2.51. The van der Waals surface area contributed by atoms with Gasteiger partial charge in [0, 0.05) is 12.0 Å². The minimum atomic E-state index is -0.703. The maximum absolute atomic E-state index is 10.6. The summed E-state index contributed by atoms with van der Waals surface area (Å²) >= 11 is 0. The lowest BCUT2D eigenvalue weighted by molar-refractivity contribution is -0.214. The first-order valence-corrected chi connectivity index (χ1v) is 7.68. The van der Waals surface area contributed by atoms with Gasteiger partial charge in [-0.2, -0.15) is 0 Å². The molecule has 0 amide bonds. The lowest BCUT2D eigenvalue weighted by Gasteiger charge is -2.50. The molecular formula is C17H36O2. The van der Waals surface area contributed by atoms with Crippen molar-refractivity contribution in [3.8, 4) is 0 Å². The maximum atomic E-state index is 10.6. The average Bonchev–Trinajstić information content (AvgIpc) is 2.23. The highest BCUT2D eigenvalue weighted by atomic mass is 16.6. The average molecular weight is 272 g/mol. The number of ether oxygens (including phenoxy) is 1. The maximum Gasteiger partial charge on any atom is 0.160 e. The molecule has 0 bridgehead atoms. The van der Waals surface area contributed by atoms with Crippen LogP contribution in [0.2, 0.25) is 0 Å². The quantitative estimate of drug-likeness (QED) is 0.671. The van der Waals surface area contributed by atoms with Crippen LogP contribution in [0.1, 0.15) is 75.2 Å². The van der Waals surface area contributed by atoms with Gasteiger partial charge in [-0.05, 0) is 29.6 Å². The number of hydrogen-bond donors (Lipinski definition) is 1. The van der Waals surface area contributed by atoms with Crippen LogP contribution in [0.15, 0.2) is 0 Å². The molecule has 0 aromatic carbocycles. The van der Waals surface area contributed by atoms with Crippen LogP contribution in [0.5, 0.6) is 0 Å². The van der Waals surface area contributed by atoms with Gasteiger partial charge in [0.15, 0.2) is 6.29 Å². The van der Waals surface area contributed by atoms with E-state index in [0.29, 0.717) is 12.5 Å². The number of aliphatic hydroxyl groups is 1. The van der Waals surface area contributed by atoms with Gasteiger partial charge < -0.3 is 9.84 Å². The van der Waals surface area contributed by atoms with Crippen LogP contribution in [0.3, 0.4) is 0 Å². The van der Waals surface area contributed by atoms with E-state index in [4.69, 9.17) is 4.74 Å². The van der Waals surface area contributed by atoms with Crippen molar-refractivity contribution in [3.05, 3.63) is 0 Å². The van der Waals surface area contributed by atoms with E-state index in [2.05, 4.69) is 62.3 Å². The van der Waals surface area contributed by atoms with Crippen molar-refractivity contribution in [2.45, 2.75) is 81.4 Å². The van der Waals surface area contributed by atoms with Gasteiger partial charge in [0.05, 0.1) is 0 Å². The fourth-order valence-electron chi connectivity index (χ4n) is 2.29. The largest absolute Gasteiger partial charge is 0.367 e. The van der Waals surface area contributed by atoms with Gasteiger partial charge >= 0.3 is 0 Å². The summed E-state index contributed by atoms with van der Waals surface area (Å²) in [6.07, 6.45) is 1.18. The van der Waals surface area contributed by atoms with Crippen LogP contribution in [0, 0.1) is 22.2 Å². The summed E-state index contributed by atoms with van der Waals surface area (Å²) in [6.45, 7) is 20.5. The first-order valence-electron chi connectivity index (χ1n) is 7.68. The molecule has 2 unspecified atom stereocenters. The zero-order chi connectivity index (χ0) is 15.5. The van der Waals surface area contributed by atoms with E-state index in [9.17, 15) is 5.11 Å². The molecule has 116 valence electrons. The van der Waals surface area contributed by atoms with Gasteiger partial charge in [0.2, 0.25) is 0 Å². The summed E-state index contributed by atoms with van der Waals surface area (Å²) in [6, 6.07) is 0. The molecule has 0 rings (SSSR count). The molecule has 2 atom stereocenters. The molecule has 0 aromatic rings. The second-order valence-corrected chi connectivity index (χ2v) is 8.21. The third-order valence-corrected chi connectivity index (χ3v) is 5.12. The standard InChI is InChI=1S/C17H36O2/c1-10-11-19-14(18)17(9,15(4,5)6)12-16(7,8)13(2)3/h13-14,18H,10-12H2,1-9H3. The van der Waals surface area contributed by atoms with Crippen LogP contribution < -0.4 is 0 Å². The normalized spacial score (nSPS) is 18.5. The first kappa shape index (κ1) is 18.9. The molecule has 2 nitrogen and oxygen atoms in total. The summed E-state index contributed by atoms with van der Waals surface area (Å²) in [5.74, 6) is 0.576. The lowest BCUT2D eigenvalue weighted by atomic mass is 9.58. The predicted molar refractivity (Wildman–Crippen MR) is 83.0 cm³/mol. The van der Waals surface area contributed by atoms with Crippen LogP contribution in [0.25, 0.3) is 0 Å². The third-order valence-electron chi connectivity index (χ3n) is 5.12. The first-order chi connectivity index (χ1) is 8.38. The monoisotopic (exact) mass is 272 g/mol. The zero-order valence-corrected chi connectivity index (χ0v) is 14.6. The van der Waals surface area contributed by atoms with Crippen molar-refractivity contribution in [1.82, 2.24) is 0 Å². The van der Waals surface area contributed by atoms with Crippen LogP contribution in [-0.4, -0.2) is 18.0 Å². The molecule has 19 heavy (non-hydrogen) atoms. The molecule has 0 saturated carbocycles. The van der Waals surface area contributed by atoms with Gasteiger partial charge in [-0.1, -0.05) is 62.3 Å². The fraction of sp³-hybridized carbons (Fsp3) is 1.00. The highest BCUT2D eigenvalue weighted by molar-refractivity contribution is 4.93. The van der Waals surface area contributed by atoms with Crippen molar-refractivity contribution in [2.24, 2.45) is 22.2 Å². The molecular weight excluding hydrogens is 236 g/mol. The summed E-state index contributed by atoms with van der Waals surface area (Å²) < 4.78 is 5.66. The van der Waals surface area contributed by atoms with E-state index < -0.39 is 6.29 Å². The van der Waals surface area contributed by atoms with Crippen molar-refractivity contribution in [1.29, 1.82) is 0 Å². The van der Waals surface area contributed by atoms with E-state index in [0.717, 1.165) is 12.8 Å². The Morgan fingerprint density at radius 2 is 1.47 bits per heavy atom. The minimum Gasteiger partial charge on any atom is -0.367 e. The Labute approximate surface area is 120 Å². The van der Waals surface area contributed by atoms with Crippen LogP contribution in [-0.2, 0) is 4.74 Å². The Balaban J connectivity index is 5.21. The Morgan fingerprint density at radius 1 is 1.00 bits per heavy atom. The van der Waals surface area contributed by atoms with Gasteiger partial charge in [-0.25, -0.2) is 0 Å². The molecule has 0 heterocycles. The molecule has 0 spiro atoms. The Bertz CT molecular complexity index is 263. The van der Waals surface area contributed by atoms with Crippen LogP contribution >= 0.6 is 0 Å². The second kappa shape index (κ2) is 6.58. The van der Waals surface area contributed by atoms with E-state index in [-0.39, 0.29) is 16.2 Å². The summed E-state index contributed by atoms with van der Waals surface area (Å²) in [7, 11) is 0. The molecule has 1 N–H and O–H groups in total. The van der Waals surface area contributed by atoms with E-state index >= 15 is 0 Å². The molecule has 0 aliphatic carbocycles. The van der Waals surface area contributed by atoms with E-state index in [1.807, 2.05) is 0 Å². The second-order valence-electron chi connectivity index (χ2n) is 8.21. The summed E-state index contributed by atoms with van der Waals surface area (Å²) in [5.41, 5.74) is -0.0825. The summed E-state index contributed by atoms with van der Waals surface area (Å²) in [4.78, 5) is 0. The van der Waals surface area contributed by atoms with Crippen molar-refractivity contribution in [3.63, 3.8) is 0 Å². The summed E-state index contributed by atoms with van der Waals surface area (Å²) in [5, 5.41) is 10.6. The Morgan fingerprint density at radius 3 is 1.79 bits per heavy atom. The zero-order valence-electron chi connectivity index (χ0n) is 14.6. The lowest BCUT2D eigenvalue weighted by Crippen LogP contribution is -2.48. The number of rotatable bonds is 7. The van der Waals surface area contributed by atoms with Crippen molar-refractivity contribution < 1.29 is 9.84 Å². The fourth-order valence-corrected chi connectivity index (χ4v) is 2.29. The number of hydrogen-bond acceptors (Lipinski definition) is 2.